The van der Waals surface area contributed by atoms with E-state index in [4.69, 9.17) is 0 Å². The Morgan fingerprint density at radius 1 is 0.750 bits per heavy atom. The molecular formula is C36H49N7O. The Morgan fingerprint density at radius 3 is 2.05 bits per heavy atom. The van der Waals surface area contributed by atoms with E-state index in [0.29, 0.717) is 23.9 Å². The molecule has 1 amide bonds. The number of hydrogen-bond acceptors (Lipinski definition) is 6. The molecule has 44 heavy (non-hydrogen) atoms. The summed E-state index contributed by atoms with van der Waals surface area (Å²) in [4.78, 5) is 30.4. The van der Waals surface area contributed by atoms with Crippen molar-refractivity contribution in [3.63, 3.8) is 0 Å². The second-order valence-electron chi connectivity index (χ2n) is 12.4. The Morgan fingerprint density at radius 2 is 1.43 bits per heavy atom. The highest BCUT2D eigenvalue weighted by Gasteiger charge is 2.15. The number of carbonyl (C=O) groups excluding carboxylic acids is 1. The fourth-order valence-electron chi connectivity index (χ4n) is 5.44. The molecule has 4 aromatic rings. The summed E-state index contributed by atoms with van der Waals surface area (Å²) in [5.74, 6) is 1.96. The van der Waals surface area contributed by atoms with Crippen LogP contribution in [-0.4, -0.2) is 56.8 Å². The molecule has 0 aliphatic heterocycles. The van der Waals surface area contributed by atoms with Gasteiger partial charge in [-0.25, -0.2) is 4.98 Å². The summed E-state index contributed by atoms with van der Waals surface area (Å²) >= 11 is 0. The maximum Gasteiger partial charge on any atom is 0.269 e. The van der Waals surface area contributed by atoms with Crippen LogP contribution in [0.15, 0.2) is 91.4 Å². The number of rotatable bonds is 18. The molecule has 2 aromatic heterocycles. The van der Waals surface area contributed by atoms with E-state index in [1.807, 2.05) is 65.8 Å². The topological polar surface area (TPSA) is 80.4 Å². The predicted octanol–water partition coefficient (Wildman–Crippen LogP) is 6.55. The molecule has 0 spiro atoms. The smallest absolute Gasteiger partial charge is 0.269 e. The van der Waals surface area contributed by atoms with Gasteiger partial charge in [-0.15, -0.1) is 0 Å². The number of imidazole rings is 1. The molecule has 0 atom stereocenters. The van der Waals surface area contributed by atoms with Crippen molar-refractivity contribution in [3.8, 4) is 0 Å². The number of aromatic nitrogens is 3. The Balaban J connectivity index is 1.37. The van der Waals surface area contributed by atoms with Gasteiger partial charge in [0.1, 0.15) is 5.82 Å². The predicted molar refractivity (Wildman–Crippen MR) is 179 cm³/mol. The van der Waals surface area contributed by atoms with Crippen molar-refractivity contribution in [2.24, 2.45) is 11.8 Å². The van der Waals surface area contributed by atoms with Gasteiger partial charge >= 0.3 is 0 Å². The van der Waals surface area contributed by atoms with E-state index in [1.54, 1.807) is 12.4 Å². The monoisotopic (exact) mass is 595 g/mol. The summed E-state index contributed by atoms with van der Waals surface area (Å²) in [7, 11) is 0. The van der Waals surface area contributed by atoms with Crippen molar-refractivity contribution in [2.45, 2.75) is 60.2 Å². The molecule has 0 saturated heterocycles. The first kappa shape index (κ1) is 32.9. The molecule has 0 unspecified atom stereocenters. The molecule has 0 radical (unpaired) electrons. The second kappa shape index (κ2) is 17.3. The van der Waals surface area contributed by atoms with Crippen molar-refractivity contribution in [1.29, 1.82) is 0 Å². The number of anilines is 1. The Hall–Kier alpha value is -4.01. The van der Waals surface area contributed by atoms with Gasteiger partial charge in [-0.1, -0.05) is 64.1 Å². The van der Waals surface area contributed by atoms with Gasteiger partial charge in [0.2, 0.25) is 0 Å². The minimum Gasteiger partial charge on any atom is -0.347 e. The molecule has 4 rings (SSSR count). The van der Waals surface area contributed by atoms with Crippen LogP contribution >= 0.6 is 0 Å². The number of amides is 1. The van der Waals surface area contributed by atoms with Crippen LogP contribution < -0.4 is 10.4 Å². The molecule has 8 heteroatoms. The number of para-hydroxylation sites is 1. The Bertz CT molecular complexity index is 1330. The fourth-order valence-corrected chi connectivity index (χ4v) is 5.44. The molecule has 2 N–H and O–H groups in total. The van der Waals surface area contributed by atoms with Gasteiger partial charge in [-0.05, 0) is 79.7 Å². The normalized spacial score (nSPS) is 11.5. The standard InChI is InChI=1S/C36H49N7O/c1-29(2)24-41(25-30(3)4)22-10-11-23-42(27-33-12-8-9-19-37-33)26-31-15-17-32(18-16-31)36(44)40-43(28-35-38-20-21-39-35)34-13-6-5-7-14-34/h5-9,12-21,29-30H,10-11,22-28H2,1-4H3,(H,38,39)(H,40,44). The Kier molecular flexibility index (Phi) is 13.0. The minimum absolute atomic E-state index is 0.162. The summed E-state index contributed by atoms with van der Waals surface area (Å²) in [5.41, 5.74) is 6.80. The van der Waals surface area contributed by atoms with Crippen LogP contribution in [0.3, 0.4) is 0 Å². The lowest BCUT2D eigenvalue weighted by Crippen LogP contribution is -2.42. The van der Waals surface area contributed by atoms with E-state index in [0.717, 1.165) is 62.9 Å². The highest BCUT2D eigenvalue weighted by molar-refractivity contribution is 5.95. The van der Waals surface area contributed by atoms with E-state index >= 15 is 0 Å². The summed E-state index contributed by atoms with van der Waals surface area (Å²) in [6.45, 7) is 15.7. The lowest BCUT2D eigenvalue weighted by atomic mass is 10.1. The SMILES string of the molecule is CC(C)CN(CCCCN(Cc1ccc(C(=O)NN(Cc2ncc[nH]2)c2ccccc2)cc1)Cc1ccccn1)CC(C)C. The first-order valence-corrected chi connectivity index (χ1v) is 15.9. The molecule has 0 saturated carbocycles. The molecule has 2 aromatic carbocycles. The lowest BCUT2D eigenvalue weighted by molar-refractivity contribution is 0.0948. The van der Waals surface area contributed by atoms with Crippen LogP contribution in [0, 0.1) is 11.8 Å². The zero-order valence-corrected chi connectivity index (χ0v) is 26.8. The number of hydrazine groups is 1. The lowest BCUT2D eigenvalue weighted by Gasteiger charge is -2.27. The molecule has 8 nitrogen and oxygen atoms in total. The average Bonchev–Trinajstić information content (AvgIpc) is 3.53. The number of unbranched alkanes of at least 4 members (excludes halogenated alkanes) is 1. The van der Waals surface area contributed by atoms with Crippen molar-refractivity contribution >= 4 is 11.6 Å². The molecule has 2 heterocycles. The van der Waals surface area contributed by atoms with Gasteiger partial charge in [0.25, 0.3) is 5.91 Å². The molecular weight excluding hydrogens is 546 g/mol. The van der Waals surface area contributed by atoms with Crippen LogP contribution in [0.1, 0.15) is 68.0 Å². The van der Waals surface area contributed by atoms with Gasteiger partial charge < -0.3 is 9.88 Å². The quantitative estimate of drug-likeness (QED) is 0.100. The molecule has 0 aliphatic rings. The van der Waals surface area contributed by atoms with Gasteiger partial charge in [0.15, 0.2) is 0 Å². The number of hydrogen-bond donors (Lipinski definition) is 2. The van der Waals surface area contributed by atoms with Gasteiger partial charge in [0, 0.05) is 50.3 Å². The van der Waals surface area contributed by atoms with Crippen molar-refractivity contribution in [2.75, 3.05) is 31.2 Å². The van der Waals surface area contributed by atoms with Gasteiger partial charge in [-0.2, -0.15) is 0 Å². The molecule has 0 bridgehead atoms. The van der Waals surface area contributed by atoms with E-state index in [1.165, 1.54) is 12.0 Å². The van der Waals surface area contributed by atoms with Gasteiger partial charge in [0.05, 0.1) is 17.9 Å². The number of aromatic amines is 1. The van der Waals surface area contributed by atoms with E-state index in [2.05, 4.69) is 76.1 Å². The van der Waals surface area contributed by atoms with E-state index < -0.39 is 0 Å². The number of nitrogens with zero attached hydrogens (tertiary/aromatic N) is 5. The summed E-state index contributed by atoms with van der Waals surface area (Å²) < 4.78 is 0. The van der Waals surface area contributed by atoms with Crippen molar-refractivity contribution in [1.82, 2.24) is 30.2 Å². The van der Waals surface area contributed by atoms with Crippen LogP contribution in [0.4, 0.5) is 5.69 Å². The van der Waals surface area contributed by atoms with Crippen LogP contribution in [0.2, 0.25) is 0 Å². The highest BCUT2D eigenvalue weighted by atomic mass is 16.2. The number of benzene rings is 2. The zero-order chi connectivity index (χ0) is 31.1. The first-order valence-electron chi connectivity index (χ1n) is 15.9. The third-order valence-electron chi connectivity index (χ3n) is 7.35. The largest absolute Gasteiger partial charge is 0.347 e. The number of H-pyrrole nitrogens is 1. The second-order valence-corrected chi connectivity index (χ2v) is 12.4. The van der Waals surface area contributed by atoms with E-state index in [9.17, 15) is 4.79 Å². The summed E-state index contributed by atoms with van der Waals surface area (Å²) in [6, 6.07) is 23.9. The van der Waals surface area contributed by atoms with Crippen LogP contribution in [0.25, 0.3) is 0 Å². The van der Waals surface area contributed by atoms with Crippen LogP contribution in [0.5, 0.6) is 0 Å². The van der Waals surface area contributed by atoms with Crippen LogP contribution in [-0.2, 0) is 19.6 Å². The zero-order valence-electron chi connectivity index (χ0n) is 26.8. The third kappa shape index (κ3) is 11.2. The fraction of sp³-hybridized carbons (Fsp3) is 0.417. The molecule has 0 aliphatic carbocycles. The van der Waals surface area contributed by atoms with Gasteiger partial charge in [-0.3, -0.25) is 25.1 Å². The number of pyridine rings is 1. The van der Waals surface area contributed by atoms with E-state index in [-0.39, 0.29) is 5.91 Å². The van der Waals surface area contributed by atoms with Crippen molar-refractivity contribution < 1.29 is 4.79 Å². The summed E-state index contributed by atoms with van der Waals surface area (Å²) in [6.07, 6.45) is 7.66. The average molecular weight is 596 g/mol. The first-order chi connectivity index (χ1) is 21.4. The van der Waals surface area contributed by atoms with Crippen molar-refractivity contribution in [3.05, 3.63) is 114 Å². The third-order valence-corrected chi connectivity index (χ3v) is 7.35. The minimum atomic E-state index is -0.162. The maximum absolute atomic E-state index is 13.3. The molecule has 0 fully saturated rings. The number of nitrogens with one attached hydrogen (secondary N) is 2. The summed E-state index contributed by atoms with van der Waals surface area (Å²) in [5, 5.41) is 1.81. The number of carbonyl (C=O) groups is 1. The molecule has 234 valence electrons. The maximum atomic E-state index is 13.3. The highest BCUT2D eigenvalue weighted by Crippen LogP contribution is 2.16. The Labute approximate surface area is 263 Å².